The van der Waals surface area contributed by atoms with E-state index in [1.165, 1.54) is 18.2 Å². The Morgan fingerprint density at radius 3 is 2.54 bits per heavy atom. The van der Waals surface area contributed by atoms with E-state index in [0.717, 1.165) is 5.56 Å². The van der Waals surface area contributed by atoms with Crippen LogP contribution in [0.3, 0.4) is 0 Å². The van der Waals surface area contributed by atoms with E-state index in [1.807, 2.05) is 0 Å². The molecule has 0 atom stereocenters. The molecule has 7 heteroatoms. The van der Waals surface area contributed by atoms with Gasteiger partial charge >= 0.3 is 5.97 Å². The standard InChI is InChI=1S/C17H16BrNO4S/c1-2-23-17(20)11-8-13-6-9-15(10-7-13)19-24(21,22)16-5-3-4-14(18)12-16/h3-12,19H,2H2,1H3. The van der Waals surface area contributed by atoms with Gasteiger partial charge < -0.3 is 4.74 Å². The molecule has 0 saturated carbocycles. The summed E-state index contributed by atoms with van der Waals surface area (Å²) >= 11 is 3.25. The van der Waals surface area contributed by atoms with Crippen molar-refractivity contribution in [1.82, 2.24) is 0 Å². The van der Waals surface area contributed by atoms with E-state index >= 15 is 0 Å². The molecule has 0 aliphatic rings. The van der Waals surface area contributed by atoms with Gasteiger partial charge in [-0.25, -0.2) is 13.2 Å². The average Bonchev–Trinajstić information content (AvgIpc) is 2.54. The number of hydrogen-bond acceptors (Lipinski definition) is 4. The summed E-state index contributed by atoms with van der Waals surface area (Å²) in [6, 6.07) is 13.1. The van der Waals surface area contributed by atoms with Crippen LogP contribution >= 0.6 is 15.9 Å². The summed E-state index contributed by atoms with van der Waals surface area (Å²) in [5, 5.41) is 0. The molecule has 2 aromatic rings. The zero-order valence-corrected chi connectivity index (χ0v) is 15.3. The summed E-state index contributed by atoms with van der Waals surface area (Å²) in [5.74, 6) is -0.420. The Morgan fingerprint density at radius 1 is 1.21 bits per heavy atom. The van der Waals surface area contributed by atoms with Gasteiger partial charge in [-0.2, -0.15) is 0 Å². The van der Waals surface area contributed by atoms with Crippen LogP contribution in [0.1, 0.15) is 12.5 Å². The third kappa shape index (κ3) is 5.21. The molecule has 0 saturated heterocycles. The quantitative estimate of drug-likeness (QED) is 0.581. The van der Waals surface area contributed by atoms with Crippen LogP contribution in [0.4, 0.5) is 5.69 Å². The molecule has 24 heavy (non-hydrogen) atoms. The highest BCUT2D eigenvalue weighted by Crippen LogP contribution is 2.20. The number of carbonyl (C=O) groups is 1. The summed E-state index contributed by atoms with van der Waals surface area (Å²) in [4.78, 5) is 11.4. The molecule has 2 rings (SSSR count). The van der Waals surface area contributed by atoms with Crippen LogP contribution < -0.4 is 4.72 Å². The number of nitrogens with one attached hydrogen (secondary N) is 1. The second-order valence-corrected chi connectivity index (χ2v) is 7.37. The van der Waals surface area contributed by atoms with Crippen molar-refractivity contribution in [2.24, 2.45) is 0 Å². The first-order chi connectivity index (χ1) is 11.4. The topological polar surface area (TPSA) is 72.5 Å². The van der Waals surface area contributed by atoms with Crippen molar-refractivity contribution in [3.8, 4) is 0 Å². The summed E-state index contributed by atoms with van der Waals surface area (Å²) in [6.07, 6.45) is 2.93. The number of hydrogen-bond donors (Lipinski definition) is 1. The molecule has 0 spiro atoms. The Morgan fingerprint density at radius 2 is 1.92 bits per heavy atom. The minimum absolute atomic E-state index is 0.170. The lowest BCUT2D eigenvalue weighted by Gasteiger charge is -2.08. The summed E-state index contributed by atoms with van der Waals surface area (Å²) in [5.41, 5.74) is 1.19. The number of anilines is 1. The molecule has 5 nitrogen and oxygen atoms in total. The van der Waals surface area contributed by atoms with Crippen LogP contribution in [-0.2, 0) is 19.6 Å². The molecule has 0 bridgehead atoms. The van der Waals surface area contributed by atoms with Crippen molar-refractivity contribution in [1.29, 1.82) is 0 Å². The van der Waals surface area contributed by atoms with Crippen molar-refractivity contribution in [2.45, 2.75) is 11.8 Å². The number of rotatable bonds is 6. The number of halogens is 1. The first kappa shape index (κ1) is 18.2. The molecule has 0 radical (unpaired) electrons. The van der Waals surface area contributed by atoms with Crippen LogP contribution in [0.25, 0.3) is 6.08 Å². The Kier molecular flexibility index (Phi) is 6.16. The second-order valence-electron chi connectivity index (χ2n) is 4.77. The van der Waals surface area contributed by atoms with Gasteiger partial charge in [0.2, 0.25) is 0 Å². The van der Waals surface area contributed by atoms with E-state index in [2.05, 4.69) is 20.7 Å². The van der Waals surface area contributed by atoms with Crippen LogP contribution in [0.2, 0.25) is 0 Å². The minimum Gasteiger partial charge on any atom is -0.463 e. The fourth-order valence-electron chi connectivity index (χ4n) is 1.87. The van der Waals surface area contributed by atoms with Gasteiger partial charge in [-0.15, -0.1) is 0 Å². The molecule has 0 aliphatic carbocycles. The first-order valence-corrected chi connectivity index (χ1v) is 9.41. The van der Waals surface area contributed by atoms with E-state index in [0.29, 0.717) is 16.8 Å². The Bertz CT molecular complexity index is 845. The SMILES string of the molecule is CCOC(=O)C=Cc1ccc(NS(=O)(=O)c2cccc(Br)c2)cc1. The second kappa shape index (κ2) is 8.12. The van der Waals surface area contributed by atoms with E-state index in [-0.39, 0.29) is 4.90 Å². The summed E-state index contributed by atoms with van der Waals surface area (Å²) in [6.45, 7) is 2.05. The molecule has 2 aromatic carbocycles. The number of carbonyl (C=O) groups excluding carboxylic acids is 1. The fourth-order valence-corrected chi connectivity index (χ4v) is 3.52. The number of esters is 1. The van der Waals surface area contributed by atoms with Crippen molar-refractivity contribution in [3.05, 3.63) is 64.6 Å². The maximum atomic E-state index is 12.3. The summed E-state index contributed by atoms with van der Waals surface area (Å²) < 4.78 is 32.6. The third-order valence-electron chi connectivity index (χ3n) is 2.97. The maximum absolute atomic E-state index is 12.3. The lowest BCUT2D eigenvalue weighted by atomic mass is 10.2. The van der Waals surface area contributed by atoms with Gasteiger partial charge in [0.15, 0.2) is 0 Å². The molecule has 1 N–H and O–H groups in total. The molecule has 0 unspecified atom stereocenters. The number of sulfonamides is 1. The van der Waals surface area contributed by atoms with E-state index < -0.39 is 16.0 Å². The van der Waals surface area contributed by atoms with E-state index in [4.69, 9.17) is 4.74 Å². The Balaban J connectivity index is 2.10. The van der Waals surface area contributed by atoms with Gasteiger partial charge in [0.25, 0.3) is 10.0 Å². The van der Waals surface area contributed by atoms with Crippen molar-refractivity contribution < 1.29 is 17.9 Å². The maximum Gasteiger partial charge on any atom is 0.330 e. The largest absolute Gasteiger partial charge is 0.463 e. The highest BCUT2D eigenvalue weighted by Gasteiger charge is 2.14. The zero-order valence-electron chi connectivity index (χ0n) is 12.9. The average molecular weight is 410 g/mol. The molecule has 0 amide bonds. The van der Waals surface area contributed by atoms with Gasteiger partial charge in [0, 0.05) is 16.2 Å². The van der Waals surface area contributed by atoms with Crippen molar-refractivity contribution in [2.75, 3.05) is 11.3 Å². The van der Waals surface area contributed by atoms with Crippen LogP contribution in [0.5, 0.6) is 0 Å². The normalized spacial score (nSPS) is 11.4. The summed E-state index contributed by atoms with van der Waals surface area (Å²) in [7, 11) is -3.65. The van der Waals surface area contributed by atoms with Gasteiger partial charge in [0.05, 0.1) is 11.5 Å². The predicted octanol–water partition coefficient (Wildman–Crippen LogP) is 3.83. The molecule has 0 aliphatic heterocycles. The van der Waals surface area contributed by atoms with E-state index in [1.54, 1.807) is 49.4 Å². The molecular weight excluding hydrogens is 394 g/mol. The first-order valence-electron chi connectivity index (χ1n) is 7.14. The fraction of sp³-hybridized carbons (Fsp3) is 0.118. The van der Waals surface area contributed by atoms with Crippen molar-refractivity contribution >= 4 is 43.7 Å². The zero-order chi connectivity index (χ0) is 17.6. The lowest BCUT2D eigenvalue weighted by Crippen LogP contribution is -2.12. The van der Waals surface area contributed by atoms with Gasteiger partial charge in [-0.1, -0.05) is 34.1 Å². The third-order valence-corrected chi connectivity index (χ3v) is 4.84. The Labute approximate surface area is 149 Å². The van der Waals surface area contributed by atoms with Gasteiger partial charge in [-0.3, -0.25) is 4.72 Å². The van der Waals surface area contributed by atoms with Crippen LogP contribution in [-0.4, -0.2) is 21.0 Å². The molecule has 0 aromatic heterocycles. The van der Waals surface area contributed by atoms with E-state index in [9.17, 15) is 13.2 Å². The number of ether oxygens (including phenoxy) is 1. The predicted molar refractivity (Wildman–Crippen MR) is 97.1 cm³/mol. The van der Waals surface area contributed by atoms with Crippen molar-refractivity contribution in [3.63, 3.8) is 0 Å². The minimum atomic E-state index is -3.65. The van der Waals surface area contributed by atoms with Crippen LogP contribution in [0, 0.1) is 0 Å². The smallest absolute Gasteiger partial charge is 0.330 e. The van der Waals surface area contributed by atoms with Gasteiger partial charge in [-0.05, 0) is 48.9 Å². The number of benzene rings is 2. The lowest BCUT2D eigenvalue weighted by molar-refractivity contribution is -0.137. The highest BCUT2D eigenvalue weighted by atomic mass is 79.9. The Hall–Kier alpha value is -2.12. The molecular formula is C17H16BrNO4S. The molecule has 0 heterocycles. The molecule has 126 valence electrons. The monoisotopic (exact) mass is 409 g/mol. The molecule has 0 fully saturated rings. The van der Waals surface area contributed by atoms with Gasteiger partial charge in [0.1, 0.15) is 0 Å². The highest BCUT2D eigenvalue weighted by molar-refractivity contribution is 9.10. The van der Waals surface area contributed by atoms with Crippen LogP contribution in [0.15, 0.2) is 64.0 Å².